The number of likely N-dealkylation sites (tertiary alicyclic amines) is 1. The van der Waals surface area contributed by atoms with Crippen molar-refractivity contribution in [1.82, 2.24) is 10.2 Å². The van der Waals surface area contributed by atoms with E-state index in [1.54, 1.807) is 0 Å². The number of aromatic hydroxyl groups is 1. The highest BCUT2D eigenvalue weighted by atomic mass is 16.4. The van der Waals surface area contributed by atoms with Gasteiger partial charge in [0.1, 0.15) is 12.0 Å². The second-order valence-electron chi connectivity index (χ2n) is 5.19. The molecule has 0 amide bonds. The minimum absolute atomic E-state index is 0.321. The molecule has 2 atom stereocenters. The second kappa shape index (κ2) is 4.74. The number of fused-ring (bicyclic) bond motifs is 1. The lowest BCUT2D eigenvalue weighted by atomic mass is 9.92. The van der Waals surface area contributed by atoms with E-state index in [-0.39, 0.29) is 11.2 Å². The molecule has 2 aliphatic heterocycles. The highest BCUT2D eigenvalue weighted by Crippen LogP contribution is 2.27. The van der Waals surface area contributed by atoms with Gasteiger partial charge in [0.25, 0.3) is 0 Å². The molecule has 2 saturated heterocycles. The molecule has 0 saturated carbocycles. The molecular formula is C13H18N2O3. The molecule has 98 valence electrons. The zero-order valence-electron chi connectivity index (χ0n) is 10.3. The Kier molecular flexibility index (Phi) is 3.09. The SMILES string of the molecule is O=c1cc(CN2CCCC3CNCC32)occ1O. The lowest BCUT2D eigenvalue weighted by Crippen LogP contribution is -2.44. The van der Waals surface area contributed by atoms with Crippen LogP contribution in [-0.2, 0) is 6.54 Å². The van der Waals surface area contributed by atoms with Crippen LogP contribution in [0.5, 0.6) is 5.75 Å². The smallest absolute Gasteiger partial charge is 0.226 e. The average Bonchev–Trinajstić information content (AvgIpc) is 2.83. The third-order valence-electron chi connectivity index (χ3n) is 4.02. The van der Waals surface area contributed by atoms with Crippen LogP contribution in [0.3, 0.4) is 0 Å². The molecule has 5 nitrogen and oxygen atoms in total. The fraction of sp³-hybridized carbons (Fsp3) is 0.615. The molecule has 1 aromatic heterocycles. The van der Waals surface area contributed by atoms with E-state index in [0.29, 0.717) is 18.3 Å². The Labute approximate surface area is 105 Å². The summed E-state index contributed by atoms with van der Waals surface area (Å²) in [5.74, 6) is 1.03. The van der Waals surface area contributed by atoms with Crippen molar-refractivity contribution in [3.8, 4) is 5.75 Å². The Hall–Kier alpha value is -1.33. The number of hydrogen-bond acceptors (Lipinski definition) is 5. The van der Waals surface area contributed by atoms with Crippen LogP contribution in [0.1, 0.15) is 18.6 Å². The van der Waals surface area contributed by atoms with Crippen molar-refractivity contribution >= 4 is 0 Å². The van der Waals surface area contributed by atoms with Gasteiger partial charge in [0.05, 0.1) is 6.54 Å². The highest BCUT2D eigenvalue weighted by Gasteiger charge is 2.34. The number of rotatable bonds is 2. The van der Waals surface area contributed by atoms with Crippen LogP contribution < -0.4 is 10.7 Å². The average molecular weight is 250 g/mol. The third kappa shape index (κ3) is 2.15. The fourth-order valence-corrected chi connectivity index (χ4v) is 3.09. The minimum Gasteiger partial charge on any atom is -0.502 e. The van der Waals surface area contributed by atoms with Crippen molar-refractivity contribution < 1.29 is 9.52 Å². The summed E-state index contributed by atoms with van der Waals surface area (Å²) in [6, 6.07) is 1.94. The van der Waals surface area contributed by atoms with Crippen LogP contribution in [0.4, 0.5) is 0 Å². The monoisotopic (exact) mass is 250 g/mol. The molecule has 5 heteroatoms. The molecule has 2 N–H and O–H groups in total. The maximum atomic E-state index is 11.4. The topological polar surface area (TPSA) is 65.7 Å². The Morgan fingerprint density at radius 3 is 3.22 bits per heavy atom. The van der Waals surface area contributed by atoms with Crippen LogP contribution in [0.2, 0.25) is 0 Å². The Bertz CT molecular complexity index is 485. The van der Waals surface area contributed by atoms with Crippen LogP contribution in [0.25, 0.3) is 0 Å². The predicted octanol–water partition coefficient (Wildman–Crippen LogP) is 0.529. The van der Waals surface area contributed by atoms with E-state index >= 15 is 0 Å². The molecule has 2 unspecified atom stereocenters. The highest BCUT2D eigenvalue weighted by molar-refractivity contribution is 5.15. The van der Waals surface area contributed by atoms with Gasteiger partial charge in [-0.1, -0.05) is 0 Å². The van der Waals surface area contributed by atoms with Crippen molar-refractivity contribution in [3.63, 3.8) is 0 Å². The molecular weight excluding hydrogens is 232 g/mol. The zero-order chi connectivity index (χ0) is 12.5. The first-order chi connectivity index (χ1) is 8.74. The Morgan fingerprint density at radius 1 is 1.50 bits per heavy atom. The van der Waals surface area contributed by atoms with Gasteiger partial charge in [-0.3, -0.25) is 9.69 Å². The van der Waals surface area contributed by atoms with Gasteiger partial charge in [-0.2, -0.15) is 0 Å². The first-order valence-corrected chi connectivity index (χ1v) is 6.49. The van der Waals surface area contributed by atoms with Crippen LogP contribution >= 0.6 is 0 Å². The van der Waals surface area contributed by atoms with Crippen molar-refractivity contribution in [3.05, 3.63) is 28.3 Å². The number of nitrogens with one attached hydrogen (secondary N) is 1. The normalized spacial score (nSPS) is 28.2. The van der Waals surface area contributed by atoms with Gasteiger partial charge in [0.15, 0.2) is 5.75 Å². The second-order valence-corrected chi connectivity index (χ2v) is 5.19. The van der Waals surface area contributed by atoms with E-state index in [1.165, 1.54) is 18.9 Å². The predicted molar refractivity (Wildman–Crippen MR) is 66.4 cm³/mol. The summed E-state index contributed by atoms with van der Waals surface area (Å²) in [6.07, 6.45) is 3.62. The number of piperidine rings is 1. The molecule has 1 aromatic rings. The molecule has 3 heterocycles. The van der Waals surface area contributed by atoms with E-state index in [0.717, 1.165) is 31.8 Å². The van der Waals surface area contributed by atoms with E-state index < -0.39 is 0 Å². The molecule has 2 aliphatic rings. The molecule has 2 fully saturated rings. The van der Waals surface area contributed by atoms with E-state index in [9.17, 15) is 4.79 Å². The molecule has 18 heavy (non-hydrogen) atoms. The summed E-state index contributed by atoms with van der Waals surface area (Å²) in [5.41, 5.74) is -0.366. The fourth-order valence-electron chi connectivity index (χ4n) is 3.09. The summed E-state index contributed by atoms with van der Waals surface area (Å²) in [4.78, 5) is 13.7. The van der Waals surface area contributed by atoms with E-state index in [4.69, 9.17) is 9.52 Å². The van der Waals surface area contributed by atoms with Gasteiger partial charge in [-0.05, 0) is 31.8 Å². The lowest BCUT2D eigenvalue weighted by Gasteiger charge is -2.36. The number of hydrogen-bond donors (Lipinski definition) is 2. The first-order valence-electron chi connectivity index (χ1n) is 6.49. The first kappa shape index (κ1) is 11.7. The molecule has 0 radical (unpaired) electrons. The van der Waals surface area contributed by atoms with Crippen LogP contribution in [-0.4, -0.2) is 35.7 Å². The summed E-state index contributed by atoms with van der Waals surface area (Å²) in [6.45, 7) is 3.82. The van der Waals surface area contributed by atoms with Crippen molar-refractivity contribution in [2.24, 2.45) is 5.92 Å². The van der Waals surface area contributed by atoms with E-state index in [1.807, 2.05) is 0 Å². The van der Waals surface area contributed by atoms with Gasteiger partial charge in [-0.15, -0.1) is 0 Å². The lowest BCUT2D eigenvalue weighted by molar-refractivity contribution is 0.108. The Morgan fingerprint density at radius 2 is 2.39 bits per heavy atom. The van der Waals surface area contributed by atoms with Gasteiger partial charge in [0, 0.05) is 18.7 Å². The number of nitrogens with zero attached hydrogens (tertiary/aromatic N) is 1. The molecule has 0 aliphatic carbocycles. The standard InChI is InChI=1S/C13H18N2O3/c16-12-4-10(18-8-13(12)17)7-15-3-1-2-9-5-14-6-11(9)15/h4,8-9,11,14,17H,1-3,5-7H2. The Balaban J connectivity index is 1.75. The summed E-state index contributed by atoms with van der Waals surface area (Å²) in [5, 5.41) is 12.6. The molecule has 3 rings (SSSR count). The van der Waals surface area contributed by atoms with Crippen LogP contribution in [0.15, 0.2) is 21.5 Å². The minimum atomic E-state index is -0.366. The van der Waals surface area contributed by atoms with Crippen molar-refractivity contribution in [1.29, 1.82) is 0 Å². The van der Waals surface area contributed by atoms with Crippen molar-refractivity contribution in [2.45, 2.75) is 25.4 Å². The maximum absolute atomic E-state index is 11.4. The van der Waals surface area contributed by atoms with Gasteiger partial charge >= 0.3 is 0 Å². The summed E-state index contributed by atoms with van der Waals surface area (Å²) >= 11 is 0. The summed E-state index contributed by atoms with van der Waals surface area (Å²) < 4.78 is 5.28. The zero-order valence-corrected chi connectivity index (χ0v) is 10.3. The quantitative estimate of drug-likeness (QED) is 0.801. The molecule has 0 bridgehead atoms. The summed E-state index contributed by atoms with van der Waals surface area (Å²) in [7, 11) is 0. The largest absolute Gasteiger partial charge is 0.502 e. The van der Waals surface area contributed by atoms with Gasteiger partial charge in [-0.25, -0.2) is 0 Å². The van der Waals surface area contributed by atoms with Crippen LogP contribution in [0, 0.1) is 5.92 Å². The molecule has 0 aromatic carbocycles. The molecule has 0 spiro atoms. The third-order valence-corrected chi connectivity index (χ3v) is 4.02. The van der Waals surface area contributed by atoms with Gasteiger partial charge < -0.3 is 14.8 Å². The van der Waals surface area contributed by atoms with Crippen molar-refractivity contribution in [2.75, 3.05) is 19.6 Å². The van der Waals surface area contributed by atoms with E-state index in [2.05, 4.69) is 10.2 Å². The maximum Gasteiger partial charge on any atom is 0.226 e. The van der Waals surface area contributed by atoms with Gasteiger partial charge in [0.2, 0.25) is 5.43 Å².